The molecular formula is C17H17FN4O3S. The monoisotopic (exact) mass is 376 g/mol. The normalized spacial score (nSPS) is 11.5. The van der Waals surface area contributed by atoms with Crippen LogP contribution in [0.2, 0.25) is 0 Å². The van der Waals surface area contributed by atoms with Crippen molar-refractivity contribution in [1.82, 2.24) is 19.5 Å². The number of benzene rings is 1. The Morgan fingerprint density at radius 1 is 1.19 bits per heavy atom. The van der Waals surface area contributed by atoms with Gasteiger partial charge in [-0.3, -0.25) is 9.67 Å². The van der Waals surface area contributed by atoms with Crippen molar-refractivity contribution in [2.24, 2.45) is 0 Å². The summed E-state index contributed by atoms with van der Waals surface area (Å²) in [6, 6.07) is 10.8. The van der Waals surface area contributed by atoms with Crippen molar-refractivity contribution in [3.63, 3.8) is 0 Å². The fourth-order valence-corrected chi connectivity index (χ4v) is 3.36. The number of hydrogen-bond donors (Lipinski definition) is 1. The lowest BCUT2D eigenvalue weighted by Gasteiger charge is -2.08. The van der Waals surface area contributed by atoms with Crippen LogP contribution in [0.5, 0.6) is 5.75 Å². The largest absolute Gasteiger partial charge is 0.494 e. The van der Waals surface area contributed by atoms with E-state index >= 15 is 0 Å². The first kappa shape index (κ1) is 18.0. The molecule has 0 saturated heterocycles. The van der Waals surface area contributed by atoms with Gasteiger partial charge in [-0.2, -0.15) is 5.10 Å². The molecule has 0 unspecified atom stereocenters. The topological polar surface area (TPSA) is 86.1 Å². The van der Waals surface area contributed by atoms with Crippen LogP contribution in [-0.4, -0.2) is 36.8 Å². The van der Waals surface area contributed by atoms with Crippen LogP contribution in [-0.2, 0) is 16.6 Å². The number of nitrogens with one attached hydrogen (secondary N) is 1. The van der Waals surface area contributed by atoms with E-state index in [1.54, 1.807) is 23.1 Å². The first-order chi connectivity index (χ1) is 12.5. The third-order valence-corrected chi connectivity index (χ3v) is 5.09. The van der Waals surface area contributed by atoms with Gasteiger partial charge >= 0.3 is 0 Å². The van der Waals surface area contributed by atoms with Crippen LogP contribution in [0.25, 0.3) is 11.4 Å². The predicted molar refractivity (Wildman–Crippen MR) is 93.6 cm³/mol. The van der Waals surface area contributed by atoms with Crippen LogP contribution in [0.4, 0.5) is 4.39 Å². The Bertz CT molecular complexity index is 990. The zero-order valence-electron chi connectivity index (χ0n) is 14.0. The maximum Gasteiger partial charge on any atom is 0.240 e. The maximum absolute atomic E-state index is 13.7. The molecule has 7 nitrogen and oxygen atoms in total. The van der Waals surface area contributed by atoms with Crippen molar-refractivity contribution in [1.29, 1.82) is 0 Å². The molecule has 0 fully saturated rings. The number of nitrogens with zero attached hydrogens (tertiary/aromatic N) is 3. The molecule has 0 aliphatic heterocycles. The van der Waals surface area contributed by atoms with E-state index in [-0.39, 0.29) is 17.2 Å². The molecule has 136 valence electrons. The molecule has 0 aliphatic carbocycles. The van der Waals surface area contributed by atoms with Gasteiger partial charge in [0.25, 0.3) is 0 Å². The molecule has 3 rings (SSSR count). The first-order valence-electron chi connectivity index (χ1n) is 7.78. The van der Waals surface area contributed by atoms with E-state index in [1.165, 1.54) is 19.2 Å². The summed E-state index contributed by atoms with van der Waals surface area (Å²) in [4.78, 5) is 4.05. The van der Waals surface area contributed by atoms with Gasteiger partial charge in [0.15, 0.2) is 11.6 Å². The van der Waals surface area contributed by atoms with Crippen molar-refractivity contribution in [2.75, 3.05) is 13.7 Å². The van der Waals surface area contributed by atoms with Gasteiger partial charge in [0.1, 0.15) is 5.69 Å². The Labute approximate surface area is 150 Å². The first-order valence-corrected chi connectivity index (χ1v) is 9.26. The standard InChI is InChI=1S/C17H17FN4O3S/c1-25-17-6-5-13(12-14(17)18)26(23,24)20-9-11-22-10-7-16(21-22)15-4-2-3-8-19-15/h2-8,10,12,20H,9,11H2,1H3. The zero-order valence-corrected chi connectivity index (χ0v) is 14.8. The fourth-order valence-electron chi connectivity index (χ4n) is 2.33. The Morgan fingerprint density at radius 3 is 2.73 bits per heavy atom. The summed E-state index contributed by atoms with van der Waals surface area (Å²) in [5.74, 6) is -0.745. The minimum Gasteiger partial charge on any atom is -0.494 e. The summed E-state index contributed by atoms with van der Waals surface area (Å²) in [6.07, 6.45) is 3.42. The van der Waals surface area contributed by atoms with E-state index in [0.29, 0.717) is 12.2 Å². The average Bonchev–Trinajstić information content (AvgIpc) is 3.11. The van der Waals surface area contributed by atoms with E-state index in [1.807, 2.05) is 18.2 Å². The Kier molecular flexibility index (Phi) is 5.29. The summed E-state index contributed by atoms with van der Waals surface area (Å²) in [7, 11) is -2.51. The predicted octanol–water partition coefficient (Wildman–Crippen LogP) is 2.07. The number of rotatable bonds is 7. The van der Waals surface area contributed by atoms with Gasteiger partial charge in [0.2, 0.25) is 10.0 Å². The second-order valence-electron chi connectivity index (χ2n) is 5.37. The molecule has 0 amide bonds. The Morgan fingerprint density at radius 2 is 2.04 bits per heavy atom. The molecule has 0 bridgehead atoms. The highest BCUT2D eigenvalue weighted by atomic mass is 32.2. The van der Waals surface area contributed by atoms with Crippen LogP contribution < -0.4 is 9.46 Å². The Balaban J connectivity index is 1.62. The van der Waals surface area contributed by atoms with Crippen LogP contribution >= 0.6 is 0 Å². The van der Waals surface area contributed by atoms with Gasteiger partial charge < -0.3 is 4.74 Å². The number of sulfonamides is 1. The van der Waals surface area contributed by atoms with Crippen molar-refractivity contribution in [2.45, 2.75) is 11.4 Å². The second-order valence-corrected chi connectivity index (χ2v) is 7.14. The summed E-state index contributed by atoms with van der Waals surface area (Å²) >= 11 is 0. The molecular weight excluding hydrogens is 359 g/mol. The van der Waals surface area contributed by atoms with E-state index < -0.39 is 15.8 Å². The highest BCUT2D eigenvalue weighted by Gasteiger charge is 2.16. The molecule has 0 atom stereocenters. The van der Waals surface area contributed by atoms with Gasteiger partial charge in [0.05, 0.1) is 24.2 Å². The molecule has 26 heavy (non-hydrogen) atoms. The molecule has 0 aliphatic rings. The number of pyridine rings is 1. The smallest absolute Gasteiger partial charge is 0.240 e. The van der Waals surface area contributed by atoms with Crippen molar-refractivity contribution in [3.8, 4) is 17.1 Å². The van der Waals surface area contributed by atoms with E-state index in [2.05, 4.69) is 14.8 Å². The number of ether oxygens (including phenoxy) is 1. The number of aromatic nitrogens is 3. The third-order valence-electron chi connectivity index (χ3n) is 3.63. The lowest BCUT2D eigenvalue weighted by Crippen LogP contribution is -2.27. The van der Waals surface area contributed by atoms with Crippen molar-refractivity contribution < 1.29 is 17.5 Å². The fraction of sp³-hybridized carbons (Fsp3) is 0.176. The minimum absolute atomic E-state index is 0.0115. The molecule has 0 spiro atoms. The maximum atomic E-state index is 13.7. The van der Waals surface area contributed by atoms with Crippen molar-refractivity contribution >= 4 is 10.0 Å². The van der Waals surface area contributed by atoms with E-state index in [4.69, 9.17) is 4.74 Å². The second kappa shape index (κ2) is 7.63. The van der Waals surface area contributed by atoms with Crippen LogP contribution in [0.3, 0.4) is 0 Å². The molecule has 9 heteroatoms. The van der Waals surface area contributed by atoms with Gasteiger partial charge in [-0.15, -0.1) is 0 Å². The molecule has 3 aromatic rings. The van der Waals surface area contributed by atoms with E-state index in [9.17, 15) is 12.8 Å². The lowest BCUT2D eigenvalue weighted by atomic mass is 10.3. The zero-order chi connectivity index (χ0) is 18.6. The Hall–Kier alpha value is -2.78. The summed E-state index contributed by atoms with van der Waals surface area (Å²) < 4.78 is 47.0. The number of hydrogen-bond acceptors (Lipinski definition) is 5. The SMILES string of the molecule is COc1ccc(S(=O)(=O)NCCn2ccc(-c3ccccn3)n2)cc1F. The lowest BCUT2D eigenvalue weighted by molar-refractivity contribution is 0.385. The molecule has 1 N–H and O–H groups in total. The summed E-state index contributed by atoms with van der Waals surface area (Å²) in [6.45, 7) is 0.435. The molecule has 1 aromatic carbocycles. The minimum atomic E-state index is -3.82. The quantitative estimate of drug-likeness (QED) is 0.682. The molecule has 2 aromatic heterocycles. The van der Waals surface area contributed by atoms with Crippen LogP contribution in [0.15, 0.2) is 59.8 Å². The van der Waals surface area contributed by atoms with Crippen molar-refractivity contribution in [3.05, 3.63) is 60.7 Å². The highest BCUT2D eigenvalue weighted by molar-refractivity contribution is 7.89. The molecule has 0 saturated carbocycles. The van der Waals surface area contributed by atoms with Gasteiger partial charge in [0, 0.05) is 18.9 Å². The van der Waals surface area contributed by atoms with Gasteiger partial charge in [-0.1, -0.05) is 6.07 Å². The van der Waals surface area contributed by atoms with Crippen LogP contribution in [0, 0.1) is 5.82 Å². The molecule has 2 heterocycles. The summed E-state index contributed by atoms with van der Waals surface area (Å²) in [5.41, 5.74) is 1.44. The third kappa shape index (κ3) is 4.06. The highest BCUT2D eigenvalue weighted by Crippen LogP contribution is 2.20. The van der Waals surface area contributed by atoms with Crippen LogP contribution in [0.1, 0.15) is 0 Å². The molecule has 0 radical (unpaired) electrons. The van der Waals surface area contributed by atoms with E-state index in [0.717, 1.165) is 11.8 Å². The van der Waals surface area contributed by atoms with Gasteiger partial charge in [-0.25, -0.2) is 17.5 Å². The van der Waals surface area contributed by atoms with Gasteiger partial charge in [-0.05, 0) is 36.4 Å². The number of methoxy groups -OCH3 is 1. The summed E-state index contributed by atoms with van der Waals surface area (Å²) in [5, 5.41) is 4.35. The number of halogens is 1. The average molecular weight is 376 g/mol.